The molecule has 0 aromatic carbocycles. The lowest BCUT2D eigenvalue weighted by atomic mass is 10.1. The van der Waals surface area contributed by atoms with Gasteiger partial charge in [0, 0.05) is 37.8 Å². The van der Waals surface area contributed by atoms with Crippen LogP contribution in [0, 0.1) is 13.8 Å². The van der Waals surface area contributed by atoms with Gasteiger partial charge in [-0.15, -0.1) is 0 Å². The van der Waals surface area contributed by atoms with Gasteiger partial charge >= 0.3 is 0 Å². The maximum atomic E-state index is 12.3. The van der Waals surface area contributed by atoms with Gasteiger partial charge in [-0.2, -0.15) is 5.10 Å². The molecule has 0 saturated carbocycles. The van der Waals surface area contributed by atoms with Crippen molar-refractivity contribution in [3.05, 3.63) is 17.5 Å². The molecule has 0 N–H and O–H groups in total. The fraction of sp³-hybridized carbons (Fsp3) is 0.750. The molecule has 7 nitrogen and oxygen atoms in total. The second-order valence-electron chi connectivity index (χ2n) is 7.11. The molecule has 134 valence electrons. The lowest BCUT2D eigenvalue weighted by Crippen LogP contribution is -2.51. The van der Waals surface area contributed by atoms with E-state index in [4.69, 9.17) is 0 Å². The van der Waals surface area contributed by atoms with Crippen LogP contribution < -0.4 is 0 Å². The van der Waals surface area contributed by atoms with Crippen molar-refractivity contribution in [2.45, 2.75) is 38.8 Å². The molecule has 2 aliphatic rings. The predicted molar refractivity (Wildman–Crippen MR) is 91.6 cm³/mol. The smallest absolute Gasteiger partial charge is 0.224 e. The van der Waals surface area contributed by atoms with Crippen molar-refractivity contribution in [3.8, 4) is 0 Å². The fourth-order valence-electron chi connectivity index (χ4n) is 3.57. The zero-order chi connectivity index (χ0) is 17.5. The van der Waals surface area contributed by atoms with Crippen LogP contribution >= 0.6 is 0 Å². The molecular weight excluding hydrogens is 328 g/mol. The number of likely N-dealkylation sites (tertiary alicyclic amines) is 1. The molecule has 2 aliphatic heterocycles. The zero-order valence-corrected chi connectivity index (χ0v) is 15.4. The summed E-state index contributed by atoms with van der Waals surface area (Å²) in [5.41, 5.74) is 2.14. The van der Waals surface area contributed by atoms with Gasteiger partial charge in [-0.1, -0.05) is 0 Å². The topological polar surface area (TPSA) is 75.5 Å². The molecule has 24 heavy (non-hydrogen) atoms. The van der Waals surface area contributed by atoms with Crippen LogP contribution in [0.25, 0.3) is 0 Å². The number of carbonyl (C=O) groups excluding carboxylic acids is 1. The summed E-state index contributed by atoms with van der Waals surface area (Å²) in [5, 5.41) is 4.48. The highest BCUT2D eigenvalue weighted by Gasteiger charge is 2.34. The number of rotatable bonds is 5. The van der Waals surface area contributed by atoms with Crippen LogP contribution in [0.4, 0.5) is 0 Å². The summed E-state index contributed by atoms with van der Waals surface area (Å²) in [6.07, 6.45) is 1.12. The highest BCUT2D eigenvalue weighted by Crippen LogP contribution is 2.23. The molecule has 0 radical (unpaired) electrons. The summed E-state index contributed by atoms with van der Waals surface area (Å²) in [7, 11) is -0.965. The second-order valence-corrected chi connectivity index (χ2v) is 9.34. The quantitative estimate of drug-likeness (QED) is 0.765. The van der Waals surface area contributed by atoms with Crippen LogP contribution in [0.15, 0.2) is 6.07 Å². The molecule has 1 amide bonds. The van der Waals surface area contributed by atoms with Crippen molar-refractivity contribution in [1.29, 1.82) is 0 Å². The summed E-state index contributed by atoms with van der Waals surface area (Å²) in [4.78, 5) is 16.2. The number of aromatic nitrogens is 2. The minimum atomic E-state index is -2.88. The largest absolute Gasteiger partial charge is 0.338 e. The molecule has 0 spiro atoms. The summed E-state index contributed by atoms with van der Waals surface area (Å²) < 4.78 is 25.1. The Hall–Kier alpha value is -1.41. The number of hydrogen-bond acceptors (Lipinski definition) is 5. The van der Waals surface area contributed by atoms with Crippen LogP contribution in [0.5, 0.6) is 0 Å². The first kappa shape index (κ1) is 17.4. The van der Waals surface area contributed by atoms with E-state index in [-0.39, 0.29) is 29.5 Å². The lowest BCUT2D eigenvalue weighted by molar-refractivity contribution is -0.137. The fourth-order valence-corrected chi connectivity index (χ4v) is 5.37. The number of aryl methyl sites for hydroxylation is 2. The van der Waals surface area contributed by atoms with Gasteiger partial charge in [-0.05, 0) is 33.4 Å². The lowest BCUT2D eigenvalue weighted by Gasteiger charge is -2.40. The van der Waals surface area contributed by atoms with Crippen LogP contribution in [-0.4, -0.2) is 78.1 Å². The number of sulfone groups is 1. The standard InChI is InChI=1S/C16H26N4O3S/c1-12-8-13(2)20(17-12)15-9-19(10-15)16(21)4-6-18(3)14-5-7-24(22,23)11-14/h8,14-15H,4-7,9-11H2,1-3H3/t14-/m0/s1. The molecular formula is C16H26N4O3S. The van der Waals surface area contributed by atoms with E-state index in [1.807, 2.05) is 35.4 Å². The third-order valence-corrected chi connectivity index (χ3v) is 6.87. The third kappa shape index (κ3) is 3.64. The Bertz CT molecular complexity index is 722. The van der Waals surface area contributed by atoms with Gasteiger partial charge in [0.15, 0.2) is 9.84 Å². The summed E-state index contributed by atoms with van der Waals surface area (Å²) in [6, 6.07) is 2.39. The van der Waals surface area contributed by atoms with Gasteiger partial charge in [0.25, 0.3) is 0 Å². The van der Waals surface area contributed by atoms with Crippen molar-refractivity contribution in [1.82, 2.24) is 19.6 Å². The number of amides is 1. The monoisotopic (exact) mass is 354 g/mol. The molecule has 0 aliphatic carbocycles. The molecule has 3 rings (SSSR count). The highest BCUT2D eigenvalue weighted by atomic mass is 32.2. The van der Waals surface area contributed by atoms with E-state index < -0.39 is 9.84 Å². The minimum absolute atomic E-state index is 0.0571. The maximum absolute atomic E-state index is 12.3. The normalized spacial score (nSPS) is 23.7. The number of nitrogens with zero attached hydrogens (tertiary/aromatic N) is 4. The molecule has 0 unspecified atom stereocenters. The van der Waals surface area contributed by atoms with Crippen LogP contribution in [0.3, 0.4) is 0 Å². The van der Waals surface area contributed by atoms with E-state index in [2.05, 4.69) is 11.2 Å². The van der Waals surface area contributed by atoms with E-state index in [0.717, 1.165) is 11.4 Å². The van der Waals surface area contributed by atoms with Gasteiger partial charge in [-0.3, -0.25) is 9.48 Å². The molecule has 1 aromatic heterocycles. The van der Waals surface area contributed by atoms with E-state index >= 15 is 0 Å². The summed E-state index contributed by atoms with van der Waals surface area (Å²) in [5.74, 6) is 0.633. The Morgan fingerprint density at radius 2 is 2.08 bits per heavy atom. The predicted octanol–water partition coefficient (Wildman–Crippen LogP) is 0.392. The van der Waals surface area contributed by atoms with Crippen LogP contribution in [0.1, 0.15) is 30.3 Å². The van der Waals surface area contributed by atoms with E-state index in [9.17, 15) is 13.2 Å². The molecule has 2 fully saturated rings. The van der Waals surface area contributed by atoms with Crippen molar-refractivity contribution in [3.63, 3.8) is 0 Å². The van der Waals surface area contributed by atoms with Gasteiger partial charge in [0.05, 0.1) is 23.2 Å². The van der Waals surface area contributed by atoms with Gasteiger partial charge < -0.3 is 9.80 Å². The van der Waals surface area contributed by atoms with Crippen LogP contribution in [0.2, 0.25) is 0 Å². The first-order valence-corrected chi connectivity index (χ1v) is 10.3. The van der Waals surface area contributed by atoms with Crippen molar-refractivity contribution in [2.24, 2.45) is 0 Å². The molecule has 2 saturated heterocycles. The minimum Gasteiger partial charge on any atom is -0.338 e. The Morgan fingerprint density at radius 3 is 2.62 bits per heavy atom. The molecule has 8 heteroatoms. The third-order valence-electron chi connectivity index (χ3n) is 5.12. The number of carbonyl (C=O) groups is 1. The second kappa shape index (κ2) is 6.48. The average Bonchev–Trinajstić information content (AvgIpc) is 2.97. The first-order chi connectivity index (χ1) is 11.2. The van der Waals surface area contributed by atoms with Gasteiger partial charge in [0.1, 0.15) is 0 Å². The number of hydrogen-bond donors (Lipinski definition) is 0. The van der Waals surface area contributed by atoms with E-state index in [1.165, 1.54) is 0 Å². The summed E-state index contributed by atoms with van der Waals surface area (Å²) in [6.45, 7) is 6.05. The Labute approximate surface area is 143 Å². The Balaban J connectivity index is 1.43. The molecule has 0 bridgehead atoms. The molecule has 1 atom stereocenters. The SMILES string of the molecule is Cc1cc(C)n(C2CN(C(=O)CCN(C)[C@H]3CCS(=O)(=O)C3)C2)n1. The zero-order valence-electron chi connectivity index (χ0n) is 14.6. The van der Waals surface area contributed by atoms with Gasteiger partial charge in [0.2, 0.25) is 5.91 Å². The van der Waals surface area contributed by atoms with Crippen LogP contribution in [-0.2, 0) is 14.6 Å². The van der Waals surface area contributed by atoms with E-state index in [0.29, 0.717) is 32.5 Å². The molecule has 3 heterocycles. The highest BCUT2D eigenvalue weighted by molar-refractivity contribution is 7.91. The maximum Gasteiger partial charge on any atom is 0.224 e. The Morgan fingerprint density at radius 1 is 1.38 bits per heavy atom. The van der Waals surface area contributed by atoms with E-state index in [1.54, 1.807) is 0 Å². The van der Waals surface area contributed by atoms with Crippen molar-refractivity contribution in [2.75, 3.05) is 38.2 Å². The van der Waals surface area contributed by atoms with Crippen molar-refractivity contribution >= 4 is 15.7 Å². The Kier molecular flexibility index (Phi) is 4.70. The van der Waals surface area contributed by atoms with Crippen molar-refractivity contribution < 1.29 is 13.2 Å². The summed E-state index contributed by atoms with van der Waals surface area (Å²) >= 11 is 0. The first-order valence-electron chi connectivity index (χ1n) is 8.46. The average molecular weight is 354 g/mol. The molecule has 1 aromatic rings. The van der Waals surface area contributed by atoms with Gasteiger partial charge in [-0.25, -0.2) is 8.42 Å².